The highest BCUT2D eigenvalue weighted by Gasteiger charge is 2.36. The number of hydrogen-bond acceptors (Lipinski definition) is 5. The van der Waals surface area contributed by atoms with E-state index in [4.69, 9.17) is 0 Å². The molecule has 2 amide bonds. The summed E-state index contributed by atoms with van der Waals surface area (Å²) in [5.41, 5.74) is 3.23. The molecule has 1 heterocycles. The van der Waals surface area contributed by atoms with Gasteiger partial charge in [0, 0.05) is 11.1 Å². The van der Waals surface area contributed by atoms with Crippen LogP contribution in [0, 0.1) is 6.92 Å². The highest BCUT2D eigenvalue weighted by molar-refractivity contribution is 6.08. The van der Waals surface area contributed by atoms with Gasteiger partial charge in [-0.05, 0) is 63.9 Å². The second-order valence-electron chi connectivity index (χ2n) is 10.1. The van der Waals surface area contributed by atoms with Gasteiger partial charge in [0.1, 0.15) is 18.1 Å². The Morgan fingerprint density at radius 2 is 1.63 bits per heavy atom. The van der Waals surface area contributed by atoms with Gasteiger partial charge in [0.05, 0.1) is 11.2 Å². The topological polar surface area (TPSA) is 97.2 Å². The largest absolute Gasteiger partial charge is 0.349 e. The first-order chi connectivity index (χ1) is 18.1. The molecule has 3 aromatic carbocycles. The monoisotopic (exact) mass is 511 g/mol. The molecule has 1 aromatic heterocycles. The first-order valence-electron chi connectivity index (χ1n) is 12.7. The molecule has 8 heteroatoms. The average molecular weight is 512 g/mol. The molecule has 0 spiro atoms. The third-order valence-corrected chi connectivity index (χ3v) is 6.76. The molecule has 4 rings (SSSR count). The van der Waals surface area contributed by atoms with Crippen molar-refractivity contribution < 1.29 is 14.4 Å². The Labute approximate surface area is 222 Å². The second-order valence-corrected chi connectivity index (χ2v) is 10.1. The zero-order valence-electron chi connectivity index (χ0n) is 22.4. The molecule has 0 saturated heterocycles. The van der Waals surface area contributed by atoms with Crippen LogP contribution in [0.5, 0.6) is 0 Å². The number of para-hydroxylation sites is 2. The highest BCUT2D eigenvalue weighted by atomic mass is 16.2. The number of fused-ring (bicyclic) bond motifs is 1. The molecule has 0 aliphatic heterocycles. The molecule has 0 aliphatic carbocycles. The minimum atomic E-state index is -1.02. The van der Waals surface area contributed by atoms with Crippen molar-refractivity contribution in [2.75, 3.05) is 4.90 Å². The van der Waals surface area contributed by atoms with E-state index in [1.54, 1.807) is 24.3 Å². The first kappa shape index (κ1) is 26.7. The summed E-state index contributed by atoms with van der Waals surface area (Å²) in [7, 11) is 0. The molecule has 0 fully saturated rings. The lowest BCUT2D eigenvalue weighted by Crippen LogP contribution is -2.51. The summed E-state index contributed by atoms with van der Waals surface area (Å²) in [6.45, 7) is 9.11. The van der Waals surface area contributed by atoms with Gasteiger partial charge in [-0.25, -0.2) is 4.68 Å². The smallest absolute Gasteiger partial charge is 0.249 e. The molecule has 1 N–H and O–H groups in total. The van der Waals surface area contributed by atoms with Gasteiger partial charge >= 0.3 is 0 Å². The number of Topliss-reactive ketones (excluding diaryl/α,β-unsaturated/α-hetero) is 1. The molecule has 196 valence electrons. The number of hydrogen-bond donors (Lipinski definition) is 1. The number of amides is 2. The lowest BCUT2D eigenvalue weighted by atomic mass is 9.96. The van der Waals surface area contributed by atoms with Crippen molar-refractivity contribution >= 4 is 34.3 Å². The Bertz CT molecular complexity index is 1470. The fourth-order valence-electron chi connectivity index (χ4n) is 4.29. The molecular weight excluding hydrogens is 478 g/mol. The van der Waals surface area contributed by atoms with Crippen LogP contribution in [0.15, 0.2) is 72.8 Å². The van der Waals surface area contributed by atoms with Crippen LogP contribution in [-0.4, -0.2) is 38.1 Å². The molecule has 4 aromatic rings. The molecule has 0 bridgehead atoms. The SMILES string of the molecule is CCC(C)(C)NC(=O)C(c1ccc(C)cc1)N(C(=O)Cn1nnc2ccccc21)c1ccccc1C(C)=O. The minimum absolute atomic E-state index is 0.167. The van der Waals surface area contributed by atoms with E-state index in [-0.39, 0.29) is 18.2 Å². The van der Waals surface area contributed by atoms with Gasteiger partial charge in [-0.2, -0.15) is 0 Å². The van der Waals surface area contributed by atoms with Crippen LogP contribution < -0.4 is 10.2 Å². The van der Waals surface area contributed by atoms with Gasteiger partial charge in [-0.3, -0.25) is 19.3 Å². The van der Waals surface area contributed by atoms with E-state index in [1.807, 2.05) is 76.2 Å². The summed E-state index contributed by atoms with van der Waals surface area (Å²) in [6, 6.07) is 20.7. The number of carbonyl (C=O) groups is 3. The zero-order valence-corrected chi connectivity index (χ0v) is 22.4. The summed E-state index contributed by atoms with van der Waals surface area (Å²) in [6.07, 6.45) is 0.697. The van der Waals surface area contributed by atoms with Crippen molar-refractivity contribution in [1.29, 1.82) is 0 Å². The fraction of sp³-hybridized carbons (Fsp3) is 0.300. The number of carbonyl (C=O) groups excluding carboxylic acids is 3. The highest BCUT2D eigenvalue weighted by Crippen LogP contribution is 2.32. The number of benzene rings is 3. The molecule has 1 atom stereocenters. The first-order valence-corrected chi connectivity index (χ1v) is 12.7. The summed E-state index contributed by atoms with van der Waals surface area (Å²) < 4.78 is 1.52. The van der Waals surface area contributed by atoms with Gasteiger partial charge in [-0.1, -0.05) is 66.2 Å². The van der Waals surface area contributed by atoms with E-state index < -0.39 is 17.5 Å². The van der Waals surface area contributed by atoms with E-state index in [1.165, 1.54) is 16.5 Å². The average Bonchev–Trinajstić information content (AvgIpc) is 3.30. The molecular formula is C30H33N5O3. The Kier molecular flexibility index (Phi) is 7.71. The van der Waals surface area contributed by atoms with E-state index >= 15 is 0 Å². The Morgan fingerprint density at radius 3 is 2.32 bits per heavy atom. The van der Waals surface area contributed by atoms with Crippen molar-refractivity contribution in [3.8, 4) is 0 Å². The van der Waals surface area contributed by atoms with Crippen LogP contribution in [0.3, 0.4) is 0 Å². The van der Waals surface area contributed by atoms with E-state index in [2.05, 4.69) is 15.6 Å². The summed E-state index contributed by atoms with van der Waals surface area (Å²) in [4.78, 5) is 42.3. The lowest BCUT2D eigenvalue weighted by Gasteiger charge is -2.35. The van der Waals surface area contributed by atoms with Crippen LogP contribution >= 0.6 is 0 Å². The predicted molar refractivity (Wildman–Crippen MR) is 148 cm³/mol. The second kappa shape index (κ2) is 11.0. The standard InChI is InChI=1S/C30H33N5O3/c1-6-30(4,5)31-29(38)28(22-17-15-20(2)16-18-22)35(25-13-9-7-11-23(25)21(3)36)27(37)19-34-26-14-10-8-12-24(26)32-33-34/h7-18,28H,6,19H2,1-5H3,(H,31,38). The van der Waals surface area contributed by atoms with E-state index in [0.717, 1.165) is 5.56 Å². The summed E-state index contributed by atoms with van der Waals surface area (Å²) in [5, 5.41) is 11.5. The van der Waals surface area contributed by atoms with Crippen LogP contribution in [0.25, 0.3) is 11.0 Å². The van der Waals surface area contributed by atoms with Crippen LogP contribution in [-0.2, 0) is 16.1 Å². The quantitative estimate of drug-likeness (QED) is 0.318. The van der Waals surface area contributed by atoms with Gasteiger partial charge in [0.25, 0.3) is 0 Å². The third kappa shape index (κ3) is 5.64. The molecule has 0 saturated carbocycles. The third-order valence-electron chi connectivity index (χ3n) is 6.76. The number of ketones is 1. The molecule has 8 nitrogen and oxygen atoms in total. The van der Waals surface area contributed by atoms with Crippen LogP contribution in [0.2, 0.25) is 0 Å². The maximum atomic E-state index is 14.2. The van der Waals surface area contributed by atoms with E-state index in [0.29, 0.717) is 34.3 Å². The number of nitrogens with zero attached hydrogens (tertiary/aromatic N) is 4. The fourth-order valence-corrected chi connectivity index (χ4v) is 4.29. The Morgan fingerprint density at radius 1 is 0.974 bits per heavy atom. The van der Waals surface area contributed by atoms with Crippen molar-refractivity contribution in [1.82, 2.24) is 20.3 Å². The van der Waals surface area contributed by atoms with E-state index in [9.17, 15) is 14.4 Å². The van der Waals surface area contributed by atoms with Crippen LogP contribution in [0.1, 0.15) is 61.6 Å². The van der Waals surface area contributed by atoms with Gasteiger partial charge in [0.15, 0.2) is 5.78 Å². The molecule has 0 radical (unpaired) electrons. The number of nitrogens with one attached hydrogen (secondary N) is 1. The Hall–Kier alpha value is -4.33. The normalized spacial score (nSPS) is 12.2. The van der Waals surface area contributed by atoms with Crippen molar-refractivity contribution in [3.63, 3.8) is 0 Å². The molecule has 38 heavy (non-hydrogen) atoms. The predicted octanol–water partition coefficient (Wildman–Crippen LogP) is 5.02. The van der Waals surface area contributed by atoms with Crippen molar-refractivity contribution in [2.45, 2.75) is 59.2 Å². The molecule has 1 unspecified atom stereocenters. The number of aromatic nitrogens is 3. The number of aryl methyl sites for hydroxylation is 1. The van der Waals surface area contributed by atoms with Gasteiger partial charge in [0.2, 0.25) is 11.8 Å². The number of anilines is 1. The minimum Gasteiger partial charge on any atom is -0.349 e. The van der Waals surface area contributed by atoms with Gasteiger partial charge in [-0.15, -0.1) is 5.10 Å². The van der Waals surface area contributed by atoms with Crippen LogP contribution in [0.4, 0.5) is 5.69 Å². The van der Waals surface area contributed by atoms with Crippen molar-refractivity contribution in [2.24, 2.45) is 0 Å². The molecule has 0 aliphatic rings. The maximum Gasteiger partial charge on any atom is 0.249 e. The van der Waals surface area contributed by atoms with Crippen molar-refractivity contribution in [3.05, 3.63) is 89.5 Å². The van der Waals surface area contributed by atoms with Gasteiger partial charge < -0.3 is 5.32 Å². The zero-order chi connectivity index (χ0) is 27.4. The summed E-state index contributed by atoms with van der Waals surface area (Å²) >= 11 is 0. The number of rotatable bonds is 9. The Balaban J connectivity index is 1.88. The summed E-state index contributed by atoms with van der Waals surface area (Å²) in [5.74, 6) is -0.943. The maximum absolute atomic E-state index is 14.2. The lowest BCUT2D eigenvalue weighted by molar-refractivity contribution is -0.128.